The van der Waals surface area contributed by atoms with Gasteiger partial charge in [0.15, 0.2) is 0 Å². The monoisotopic (exact) mass is 258 g/mol. The molecule has 1 aromatic rings. The minimum absolute atomic E-state index is 0.374. The van der Waals surface area contributed by atoms with Crippen LogP contribution in [0.4, 0.5) is 0 Å². The Hall–Kier alpha value is -0.0600. The molecule has 0 aromatic carbocycles. The molecule has 92 valence electrons. The number of hydrogen-bond acceptors (Lipinski definition) is 4. The number of aromatic nitrogens is 1. The van der Waals surface area contributed by atoms with Gasteiger partial charge in [0, 0.05) is 28.5 Å². The molecular formula is C12H22N2S2. The van der Waals surface area contributed by atoms with E-state index in [-0.39, 0.29) is 0 Å². The van der Waals surface area contributed by atoms with Crippen LogP contribution in [0.3, 0.4) is 0 Å². The Morgan fingerprint density at radius 1 is 1.31 bits per heavy atom. The molecule has 0 amide bonds. The molecule has 1 aromatic heterocycles. The SMILES string of the molecule is Cc1nc(C)c(CNCCSC(C)(C)C)s1. The molecule has 1 heterocycles. The summed E-state index contributed by atoms with van der Waals surface area (Å²) in [6.07, 6.45) is 0. The first kappa shape index (κ1) is 14.0. The zero-order valence-electron chi connectivity index (χ0n) is 10.9. The molecule has 1 rings (SSSR count). The third-order valence-corrected chi connectivity index (χ3v) is 4.45. The molecule has 4 heteroatoms. The number of thiazole rings is 1. The first-order valence-corrected chi connectivity index (χ1v) is 7.46. The van der Waals surface area contributed by atoms with E-state index in [2.05, 4.69) is 44.9 Å². The highest BCUT2D eigenvalue weighted by molar-refractivity contribution is 8.00. The van der Waals surface area contributed by atoms with E-state index in [0.29, 0.717) is 4.75 Å². The van der Waals surface area contributed by atoms with Crippen molar-refractivity contribution in [3.05, 3.63) is 15.6 Å². The van der Waals surface area contributed by atoms with Gasteiger partial charge in [0.1, 0.15) is 0 Å². The fourth-order valence-corrected chi connectivity index (χ4v) is 3.13. The van der Waals surface area contributed by atoms with Crippen molar-refractivity contribution in [2.24, 2.45) is 0 Å². The molecule has 0 radical (unpaired) electrons. The van der Waals surface area contributed by atoms with E-state index in [4.69, 9.17) is 0 Å². The zero-order chi connectivity index (χ0) is 12.2. The Kier molecular flexibility index (Phi) is 5.28. The molecule has 0 unspecified atom stereocenters. The van der Waals surface area contributed by atoms with Crippen molar-refractivity contribution in [3.63, 3.8) is 0 Å². The van der Waals surface area contributed by atoms with Crippen molar-refractivity contribution in [3.8, 4) is 0 Å². The third-order valence-electron chi connectivity index (χ3n) is 2.10. The zero-order valence-corrected chi connectivity index (χ0v) is 12.5. The normalized spacial score (nSPS) is 12.1. The molecule has 0 saturated carbocycles. The van der Waals surface area contributed by atoms with Gasteiger partial charge in [0.2, 0.25) is 0 Å². The van der Waals surface area contributed by atoms with Crippen molar-refractivity contribution in [2.45, 2.75) is 45.9 Å². The molecular weight excluding hydrogens is 236 g/mol. The highest BCUT2D eigenvalue weighted by Crippen LogP contribution is 2.22. The molecule has 0 saturated heterocycles. The van der Waals surface area contributed by atoms with Crippen LogP contribution < -0.4 is 5.32 Å². The third kappa shape index (κ3) is 5.32. The Morgan fingerprint density at radius 3 is 2.50 bits per heavy atom. The smallest absolute Gasteiger partial charge is 0.0900 e. The second-order valence-corrected chi connectivity index (χ2v) is 8.09. The Morgan fingerprint density at radius 2 is 2.00 bits per heavy atom. The Bertz CT molecular complexity index is 326. The van der Waals surface area contributed by atoms with Gasteiger partial charge in [0.25, 0.3) is 0 Å². The number of aryl methyl sites for hydroxylation is 2. The van der Waals surface area contributed by atoms with Gasteiger partial charge in [-0.2, -0.15) is 11.8 Å². The highest BCUT2D eigenvalue weighted by Gasteiger charge is 2.09. The Labute approximate surface area is 107 Å². The van der Waals surface area contributed by atoms with Gasteiger partial charge in [-0.15, -0.1) is 11.3 Å². The first-order chi connectivity index (χ1) is 7.38. The molecule has 16 heavy (non-hydrogen) atoms. The largest absolute Gasteiger partial charge is 0.311 e. The van der Waals surface area contributed by atoms with Crippen LogP contribution in [0.1, 0.15) is 36.3 Å². The van der Waals surface area contributed by atoms with Gasteiger partial charge in [0.05, 0.1) is 10.7 Å². The molecule has 1 N–H and O–H groups in total. The van der Waals surface area contributed by atoms with E-state index in [1.165, 1.54) is 21.3 Å². The summed E-state index contributed by atoms with van der Waals surface area (Å²) in [6, 6.07) is 0. The number of nitrogens with one attached hydrogen (secondary N) is 1. The summed E-state index contributed by atoms with van der Waals surface area (Å²) < 4.78 is 0.374. The van der Waals surface area contributed by atoms with Crippen molar-refractivity contribution in [1.82, 2.24) is 10.3 Å². The van der Waals surface area contributed by atoms with Gasteiger partial charge in [-0.3, -0.25) is 0 Å². The average Bonchev–Trinajstić information content (AvgIpc) is 2.42. The molecule has 0 fully saturated rings. The molecule has 0 bridgehead atoms. The van der Waals surface area contributed by atoms with Crippen molar-refractivity contribution in [2.75, 3.05) is 12.3 Å². The number of rotatable bonds is 5. The Balaban J connectivity index is 2.19. The van der Waals surface area contributed by atoms with Crippen LogP contribution >= 0.6 is 23.1 Å². The first-order valence-electron chi connectivity index (χ1n) is 5.66. The molecule has 0 spiro atoms. The molecule has 0 aliphatic rings. The van der Waals surface area contributed by atoms with Crippen LogP contribution in [0.5, 0.6) is 0 Å². The maximum Gasteiger partial charge on any atom is 0.0900 e. The predicted molar refractivity (Wildman–Crippen MR) is 75.5 cm³/mol. The topological polar surface area (TPSA) is 24.9 Å². The van der Waals surface area contributed by atoms with E-state index in [1.54, 1.807) is 11.3 Å². The van der Waals surface area contributed by atoms with Crippen molar-refractivity contribution < 1.29 is 0 Å². The maximum atomic E-state index is 4.42. The summed E-state index contributed by atoms with van der Waals surface area (Å²) in [5, 5.41) is 4.64. The lowest BCUT2D eigenvalue weighted by Gasteiger charge is -2.17. The van der Waals surface area contributed by atoms with Crippen LogP contribution in [0.2, 0.25) is 0 Å². The van der Waals surface area contributed by atoms with Crippen LogP contribution in [-0.2, 0) is 6.54 Å². The minimum Gasteiger partial charge on any atom is -0.311 e. The van der Waals surface area contributed by atoms with Gasteiger partial charge in [-0.05, 0) is 13.8 Å². The number of nitrogens with zero attached hydrogens (tertiary/aromatic N) is 1. The lowest BCUT2D eigenvalue weighted by molar-refractivity contribution is 0.729. The summed E-state index contributed by atoms with van der Waals surface area (Å²) >= 11 is 3.80. The van der Waals surface area contributed by atoms with Crippen molar-refractivity contribution >= 4 is 23.1 Å². The molecule has 2 nitrogen and oxygen atoms in total. The fraction of sp³-hybridized carbons (Fsp3) is 0.750. The summed E-state index contributed by atoms with van der Waals surface area (Å²) in [5.41, 5.74) is 1.18. The standard InChI is InChI=1S/C12H22N2S2/c1-9-11(16-10(2)14-9)8-13-6-7-15-12(3,4)5/h13H,6-8H2,1-5H3. The summed E-state index contributed by atoms with van der Waals surface area (Å²) in [6.45, 7) is 13.0. The van der Waals surface area contributed by atoms with Crippen LogP contribution in [0.25, 0.3) is 0 Å². The molecule has 0 aliphatic carbocycles. The van der Waals surface area contributed by atoms with Crippen LogP contribution in [-0.4, -0.2) is 22.0 Å². The number of hydrogen-bond donors (Lipinski definition) is 1. The van der Waals surface area contributed by atoms with Crippen molar-refractivity contribution in [1.29, 1.82) is 0 Å². The van der Waals surface area contributed by atoms with E-state index in [9.17, 15) is 0 Å². The minimum atomic E-state index is 0.374. The summed E-state index contributed by atoms with van der Waals surface area (Å²) in [7, 11) is 0. The second kappa shape index (κ2) is 6.03. The lowest BCUT2D eigenvalue weighted by Crippen LogP contribution is -2.19. The summed E-state index contributed by atoms with van der Waals surface area (Å²) in [5.74, 6) is 1.17. The second-order valence-electron chi connectivity index (χ2n) is 4.88. The molecule has 0 atom stereocenters. The maximum absolute atomic E-state index is 4.42. The lowest BCUT2D eigenvalue weighted by atomic mass is 10.3. The molecule has 0 aliphatic heterocycles. The van der Waals surface area contributed by atoms with E-state index in [1.807, 2.05) is 11.8 Å². The highest BCUT2D eigenvalue weighted by atomic mass is 32.2. The van der Waals surface area contributed by atoms with Gasteiger partial charge in [-0.25, -0.2) is 4.98 Å². The summed E-state index contributed by atoms with van der Waals surface area (Å²) in [4.78, 5) is 5.80. The quantitative estimate of drug-likeness (QED) is 0.820. The fourth-order valence-electron chi connectivity index (χ4n) is 1.37. The van der Waals surface area contributed by atoms with Gasteiger partial charge >= 0.3 is 0 Å². The van der Waals surface area contributed by atoms with E-state index in [0.717, 1.165) is 13.1 Å². The number of thioether (sulfide) groups is 1. The van der Waals surface area contributed by atoms with Crippen LogP contribution in [0.15, 0.2) is 0 Å². The van der Waals surface area contributed by atoms with E-state index >= 15 is 0 Å². The predicted octanol–water partition coefficient (Wildman–Crippen LogP) is 3.38. The van der Waals surface area contributed by atoms with Gasteiger partial charge < -0.3 is 5.32 Å². The van der Waals surface area contributed by atoms with Gasteiger partial charge in [-0.1, -0.05) is 20.8 Å². The average molecular weight is 258 g/mol. The van der Waals surface area contributed by atoms with Crippen LogP contribution in [0, 0.1) is 13.8 Å². The van der Waals surface area contributed by atoms with E-state index < -0.39 is 0 Å².